The molecule has 0 fully saturated rings. The molecule has 0 radical (unpaired) electrons. The number of halogens is 4. The van der Waals surface area contributed by atoms with Crippen LogP contribution >= 0.6 is 11.6 Å². The fraction of sp³-hybridized carbons (Fsp3) is 0.286. The second-order valence-corrected chi connectivity index (χ2v) is 8.95. The van der Waals surface area contributed by atoms with Crippen LogP contribution < -0.4 is 4.74 Å². The highest BCUT2D eigenvalue weighted by atomic mass is 35.5. The van der Waals surface area contributed by atoms with Crippen LogP contribution in [-0.4, -0.2) is 17.6 Å². The molecule has 1 aliphatic carbocycles. The molecule has 0 spiro atoms. The number of carbonyl (C=O) groups is 1. The minimum Gasteiger partial charge on any atom is -0.488 e. The average Bonchev–Trinajstić information content (AvgIpc) is 3.33. The number of benzene rings is 2. The summed E-state index contributed by atoms with van der Waals surface area (Å²) in [4.78, 5) is 16.9. The minimum absolute atomic E-state index is 0.175. The summed E-state index contributed by atoms with van der Waals surface area (Å²) in [5.41, 5.74) is 3.43. The van der Waals surface area contributed by atoms with E-state index >= 15 is 0 Å². The lowest BCUT2D eigenvalue weighted by Gasteiger charge is -2.17. The summed E-state index contributed by atoms with van der Waals surface area (Å²) in [6.07, 6.45) is -2.55. The first-order chi connectivity index (χ1) is 17.2. The van der Waals surface area contributed by atoms with Crippen molar-refractivity contribution < 1.29 is 27.4 Å². The Balaban J connectivity index is 1.77. The lowest BCUT2D eigenvalue weighted by Crippen LogP contribution is -2.10. The molecule has 188 valence electrons. The normalized spacial score (nSPS) is 13.7. The number of nitrogens with zero attached hydrogens (tertiary/aromatic N) is 1. The molecule has 0 amide bonds. The molecule has 8 heteroatoms. The number of alkyl halides is 3. The third-order valence-corrected chi connectivity index (χ3v) is 6.28. The second-order valence-electron chi connectivity index (χ2n) is 8.52. The Morgan fingerprint density at radius 2 is 1.75 bits per heavy atom. The maximum absolute atomic E-state index is 13.6. The van der Waals surface area contributed by atoms with Crippen LogP contribution in [0.2, 0.25) is 5.02 Å². The summed E-state index contributed by atoms with van der Waals surface area (Å²) in [7, 11) is 0. The van der Waals surface area contributed by atoms with E-state index < -0.39 is 17.7 Å². The van der Waals surface area contributed by atoms with Gasteiger partial charge >= 0.3 is 12.1 Å². The van der Waals surface area contributed by atoms with Crippen LogP contribution in [-0.2, 0) is 17.5 Å². The number of hydrogen-bond donors (Lipinski definition) is 0. The van der Waals surface area contributed by atoms with Gasteiger partial charge in [-0.25, -0.2) is 9.78 Å². The van der Waals surface area contributed by atoms with Gasteiger partial charge < -0.3 is 9.47 Å². The molecular weight excluding hydrogens is 491 g/mol. The monoisotopic (exact) mass is 515 g/mol. The smallest absolute Gasteiger partial charge is 0.416 e. The third kappa shape index (κ3) is 5.73. The van der Waals surface area contributed by atoms with Crippen LogP contribution in [0.1, 0.15) is 64.6 Å². The number of aryl methyl sites for hydroxylation is 1. The average molecular weight is 516 g/mol. The maximum Gasteiger partial charge on any atom is 0.416 e. The van der Waals surface area contributed by atoms with Gasteiger partial charge in [0.1, 0.15) is 12.4 Å². The number of carbonyl (C=O) groups excluding carboxylic acids is 1. The Morgan fingerprint density at radius 3 is 2.44 bits per heavy atom. The van der Waals surface area contributed by atoms with E-state index in [0.29, 0.717) is 40.4 Å². The molecule has 0 aliphatic heterocycles. The van der Waals surface area contributed by atoms with Gasteiger partial charge in [0, 0.05) is 10.6 Å². The molecule has 36 heavy (non-hydrogen) atoms. The molecule has 4 nitrogen and oxygen atoms in total. The van der Waals surface area contributed by atoms with Crippen molar-refractivity contribution in [1.82, 2.24) is 4.98 Å². The lowest BCUT2D eigenvalue weighted by molar-refractivity contribution is -0.137. The number of rotatable bonds is 7. The van der Waals surface area contributed by atoms with Crippen molar-refractivity contribution in [2.45, 2.75) is 45.9 Å². The van der Waals surface area contributed by atoms with E-state index in [4.69, 9.17) is 21.1 Å². The zero-order valence-corrected chi connectivity index (χ0v) is 20.7. The molecular formula is C28H25ClF3NO3. The van der Waals surface area contributed by atoms with Crippen LogP contribution in [0.4, 0.5) is 13.2 Å². The topological polar surface area (TPSA) is 48.4 Å². The van der Waals surface area contributed by atoms with Gasteiger partial charge in [-0.15, -0.1) is 0 Å². The first-order valence-electron chi connectivity index (χ1n) is 11.6. The summed E-state index contributed by atoms with van der Waals surface area (Å²) in [5.74, 6) is -0.173. The molecule has 4 rings (SSSR count). The Kier molecular flexibility index (Phi) is 7.69. The van der Waals surface area contributed by atoms with Crippen molar-refractivity contribution in [2.75, 3.05) is 6.61 Å². The maximum atomic E-state index is 13.6. The highest BCUT2D eigenvalue weighted by Gasteiger charge is 2.32. The van der Waals surface area contributed by atoms with Crippen molar-refractivity contribution in [3.05, 3.63) is 93.3 Å². The number of ether oxygens (including phenoxy) is 2. The van der Waals surface area contributed by atoms with Gasteiger partial charge in [0.05, 0.1) is 17.9 Å². The van der Waals surface area contributed by atoms with Gasteiger partial charge in [0.25, 0.3) is 0 Å². The van der Waals surface area contributed by atoms with Gasteiger partial charge in [0.15, 0.2) is 5.69 Å². The molecule has 3 aromatic rings. The standard InChI is InChI=1S/C28H25ClF3NO3/c1-3-35-27(34)26-17(2)7-13-24(33-26)22-6-4-5-21(22)23-15-19(28(30,31)32)10-14-25(23)36-16-18-8-11-20(29)12-9-18/h7-15H,3-6,16H2,1-2H3. The van der Waals surface area contributed by atoms with Crippen LogP contribution in [0.5, 0.6) is 5.75 Å². The SMILES string of the molecule is CCOC(=O)c1nc(C2=C(c3cc(C(F)(F)F)ccc3OCc3ccc(Cl)cc3)CCC2)ccc1C. The largest absolute Gasteiger partial charge is 0.488 e. The van der Waals surface area contributed by atoms with Gasteiger partial charge in [-0.2, -0.15) is 13.2 Å². The second kappa shape index (κ2) is 10.7. The van der Waals surface area contributed by atoms with E-state index in [1.54, 1.807) is 50.2 Å². The molecule has 2 aromatic carbocycles. The molecule has 0 unspecified atom stereocenters. The molecule has 1 aliphatic rings. The highest BCUT2D eigenvalue weighted by molar-refractivity contribution is 6.30. The van der Waals surface area contributed by atoms with E-state index in [9.17, 15) is 18.0 Å². The van der Waals surface area contributed by atoms with E-state index in [2.05, 4.69) is 4.98 Å². The Labute approximate surface area is 212 Å². The van der Waals surface area contributed by atoms with Crippen LogP contribution in [0.25, 0.3) is 11.1 Å². The molecule has 0 N–H and O–H groups in total. The van der Waals surface area contributed by atoms with Crippen LogP contribution in [0.15, 0.2) is 54.6 Å². The predicted octanol–water partition coefficient (Wildman–Crippen LogP) is 7.91. The lowest BCUT2D eigenvalue weighted by atomic mass is 9.96. The first-order valence-corrected chi connectivity index (χ1v) is 12.0. The minimum atomic E-state index is -4.50. The Bertz CT molecular complexity index is 1300. The summed E-state index contributed by atoms with van der Waals surface area (Å²) in [6.45, 7) is 3.88. The number of aromatic nitrogens is 1. The quantitative estimate of drug-likeness (QED) is 0.300. The Morgan fingerprint density at radius 1 is 1.03 bits per heavy atom. The van der Waals surface area contributed by atoms with Gasteiger partial charge in [0.2, 0.25) is 0 Å². The third-order valence-electron chi connectivity index (χ3n) is 6.03. The number of esters is 1. The number of hydrogen-bond acceptors (Lipinski definition) is 4. The predicted molar refractivity (Wildman–Crippen MR) is 133 cm³/mol. The summed E-state index contributed by atoms with van der Waals surface area (Å²) in [6, 6.07) is 14.2. The summed E-state index contributed by atoms with van der Waals surface area (Å²) >= 11 is 5.94. The van der Waals surface area contributed by atoms with Gasteiger partial charge in [-0.05, 0) is 91.8 Å². The molecule has 0 bridgehead atoms. The van der Waals surface area contributed by atoms with Crippen LogP contribution in [0, 0.1) is 6.92 Å². The van der Waals surface area contributed by atoms with E-state index in [1.165, 1.54) is 6.07 Å². The summed E-state index contributed by atoms with van der Waals surface area (Å²) < 4.78 is 52.0. The van der Waals surface area contributed by atoms with E-state index in [-0.39, 0.29) is 18.9 Å². The molecule has 0 saturated heterocycles. The van der Waals surface area contributed by atoms with Crippen molar-refractivity contribution >= 4 is 28.7 Å². The zero-order chi connectivity index (χ0) is 25.9. The number of allylic oxidation sites excluding steroid dienone is 2. The van der Waals surface area contributed by atoms with Crippen LogP contribution in [0.3, 0.4) is 0 Å². The van der Waals surface area contributed by atoms with E-state index in [0.717, 1.165) is 35.3 Å². The number of pyridine rings is 1. The van der Waals surface area contributed by atoms with E-state index in [1.807, 2.05) is 0 Å². The fourth-order valence-electron chi connectivity index (χ4n) is 4.24. The molecule has 1 heterocycles. The van der Waals surface area contributed by atoms with Gasteiger partial charge in [-0.1, -0.05) is 29.8 Å². The first kappa shape index (κ1) is 25.8. The highest BCUT2D eigenvalue weighted by Crippen LogP contribution is 2.44. The zero-order valence-electron chi connectivity index (χ0n) is 19.9. The molecule has 0 saturated carbocycles. The van der Waals surface area contributed by atoms with Crippen molar-refractivity contribution in [3.63, 3.8) is 0 Å². The molecule has 1 aromatic heterocycles. The van der Waals surface area contributed by atoms with Crippen molar-refractivity contribution in [2.24, 2.45) is 0 Å². The Hall–Kier alpha value is -3.32. The van der Waals surface area contributed by atoms with Crippen molar-refractivity contribution in [1.29, 1.82) is 0 Å². The van der Waals surface area contributed by atoms with Crippen molar-refractivity contribution in [3.8, 4) is 5.75 Å². The van der Waals surface area contributed by atoms with Gasteiger partial charge in [-0.3, -0.25) is 0 Å². The summed E-state index contributed by atoms with van der Waals surface area (Å²) in [5, 5.41) is 0.586. The molecule has 0 atom stereocenters. The fourth-order valence-corrected chi connectivity index (χ4v) is 4.36.